The van der Waals surface area contributed by atoms with Crippen molar-refractivity contribution in [2.75, 3.05) is 13.7 Å². The van der Waals surface area contributed by atoms with E-state index >= 15 is 0 Å². The van der Waals surface area contributed by atoms with Crippen LogP contribution in [0, 0.1) is 0 Å². The van der Waals surface area contributed by atoms with Gasteiger partial charge >= 0.3 is 5.97 Å². The van der Waals surface area contributed by atoms with E-state index < -0.39 is 24.5 Å². The van der Waals surface area contributed by atoms with Crippen LogP contribution in [-0.2, 0) is 19.4 Å². The zero-order chi connectivity index (χ0) is 9.56. The largest absolute Gasteiger partial charge is 0.394 e. The molecule has 12 heavy (non-hydrogen) atoms. The molecule has 0 rings (SSSR count). The molecule has 6 nitrogen and oxygen atoms in total. The van der Waals surface area contributed by atoms with Gasteiger partial charge < -0.3 is 10.4 Å². The van der Waals surface area contributed by atoms with Crippen LogP contribution in [0.4, 0.5) is 0 Å². The molecule has 0 saturated heterocycles. The second kappa shape index (κ2) is 5.50. The fourth-order valence-electron chi connectivity index (χ4n) is 0.565. The van der Waals surface area contributed by atoms with Crippen molar-refractivity contribution in [3.05, 3.63) is 0 Å². The molecule has 0 spiro atoms. The van der Waals surface area contributed by atoms with Gasteiger partial charge in [0.2, 0.25) is 5.91 Å². The highest BCUT2D eigenvalue weighted by Gasteiger charge is 2.20. The fourth-order valence-corrected chi connectivity index (χ4v) is 0.565. The minimum atomic E-state index is -1.07. The van der Waals surface area contributed by atoms with Crippen LogP contribution in [0.25, 0.3) is 0 Å². The van der Waals surface area contributed by atoms with Crippen molar-refractivity contribution in [2.24, 2.45) is 0 Å². The summed E-state index contributed by atoms with van der Waals surface area (Å²) < 4.78 is 0. The lowest BCUT2D eigenvalue weighted by Gasteiger charge is -2.11. The third-order valence-electron chi connectivity index (χ3n) is 1.01. The number of carbonyl (C=O) groups excluding carboxylic acids is 2. The molecule has 1 unspecified atom stereocenters. The molecule has 0 fully saturated rings. The molecule has 0 saturated carbocycles. The summed E-state index contributed by atoms with van der Waals surface area (Å²) >= 11 is 0. The minimum Gasteiger partial charge on any atom is -0.394 e. The molecule has 0 heterocycles. The van der Waals surface area contributed by atoms with Gasteiger partial charge in [0.15, 0.2) is 6.04 Å². The highest BCUT2D eigenvalue weighted by Crippen LogP contribution is 1.88. The summed E-state index contributed by atoms with van der Waals surface area (Å²) in [6, 6.07) is -1.07. The number of aliphatic hydroxyl groups is 1. The molecule has 1 atom stereocenters. The van der Waals surface area contributed by atoms with Crippen LogP contribution in [0.1, 0.15) is 6.92 Å². The van der Waals surface area contributed by atoms with Crippen LogP contribution in [-0.4, -0.2) is 36.7 Å². The van der Waals surface area contributed by atoms with Crippen LogP contribution in [0.3, 0.4) is 0 Å². The van der Waals surface area contributed by atoms with Crippen molar-refractivity contribution >= 4 is 11.9 Å². The summed E-state index contributed by atoms with van der Waals surface area (Å²) in [7, 11) is 1.15. The molecule has 0 bridgehead atoms. The van der Waals surface area contributed by atoms with Gasteiger partial charge in [-0.05, 0) is 0 Å². The molecule has 0 radical (unpaired) electrons. The second-order valence-electron chi connectivity index (χ2n) is 2.00. The number of amides is 1. The summed E-state index contributed by atoms with van der Waals surface area (Å²) in [5, 5.41) is 10.8. The Bertz CT molecular complexity index is 169. The predicted octanol–water partition coefficient (Wildman–Crippen LogP) is -1.41. The first-order valence-corrected chi connectivity index (χ1v) is 3.24. The Balaban J connectivity index is 3.96. The number of nitrogens with one attached hydrogen (secondary N) is 1. The van der Waals surface area contributed by atoms with Crippen molar-refractivity contribution in [1.82, 2.24) is 5.32 Å². The van der Waals surface area contributed by atoms with Gasteiger partial charge in [-0.15, -0.1) is 0 Å². The van der Waals surface area contributed by atoms with E-state index in [0.717, 1.165) is 7.11 Å². The third kappa shape index (κ3) is 3.89. The third-order valence-corrected chi connectivity index (χ3v) is 1.01. The van der Waals surface area contributed by atoms with Crippen molar-refractivity contribution in [3.63, 3.8) is 0 Å². The molecule has 2 N–H and O–H groups in total. The SMILES string of the molecule is COOC(=O)C(CO)NC(C)=O. The van der Waals surface area contributed by atoms with Crippen LogP contribution in [0.15, 0.2) is 0 Å². The van der Waals surface area contributed by atoms with E-state index in [9.17, 15) is 9.59 Å². The van der Waals surface area contributed by atoms with Gasteiger partial charge in [-0.1, -0.05) is 0 Å². The average molecular weight is 177 g/mol. The first kappa shape index (κ1) is 10.9. The molecule has 0 aromatic heterocycles. The van der Waals surface area contributed by atoms with E-state index in [4.69, 9.17) is 5.11 Å². The van der Waals surface area contributed by atoms with Gasteiger partial charge in [-0.3, -0.25) is 9.68 Å². The highest BCUT2D eigenvalue weighted by molar-refractivity contribution is 5.82. The zero-order valence-corrected chi connectivity index (χ0v) is 6.86. The first-order chi connectivity index (χ1) is 5.61. The van der Waals surface area contributed by atoms with Gasteiger partial charge in [-0.2, -0.15) is 4.89 Å². The van der Waals surface area contributed by atoms with Gasteiger partial charge in [-0.25, -0.2) is 4.79 Å². The van der Waals surface area contributed by atoms with E-state index in [2.05, 4.69) is 15.1 Å². The number of hydrogen-bond donors (Lipinski definition) is 2. The van der Waals surface area contributed by atoms with E-state index in [1.54, 1.807) is 0 Å². The maximum absolute atomic E-state index is 10.8. The number of carbonyl (C=O) groups is 2. The Morgan fingerprint density at radius 1 is 1.58 bits per heavy atom. The molecule has 1 amide bonds. The second-order valence-corrected chi connectivity index (χ2v) is 2.00. The van der Waals surface area contributed by atoms with Crippen LogP contribution in [0.5, 0.6) is 0 Å². The van der Waals surface area contributed by atoms with Crippen molar-refractivity contribution in [1.29, 1.82) is 0 Å². The summed E-state index contributed by atoms with van der Waals surface area (Å²) in [4.78, 5) is 29.4. The van der Waals surface area contributed by atoms with E-state index in [1.807, 2.05) is 0 Å². The zero-order valence-electron chi connectivity index (χ0n) is 6.86. The minimum absolute atomic E-state index is 0.429. The summed E-state index contributed by atoms with van der Waals surface area (Å²) in [5.41, 5.74) is 0. The average Bonchev–Trinajstić information content (AvgIpc) is 2.00. The lowest BCUT2D eigenvalue weighted by atomic mass is 10.3. The van der Waals surface area contributed by atoms with E-state index in [0.29, 0.717) is 0 Å². The standard InChI is InChI=1S/C6H11NO5/c1-4(9)7-5(3-8)6(10)12-11-2/h5,8H,3H2,1-2H3,(H,7,9). The molecular formula is C6H11NO5. The highest BCUT2D eigenvalue weighted by atomic mass is 17.2. The first-order valence-electron chi connectivity index (χ1n) is 3.24. The monoisotopic (exact) mass is 177 g/mol. The molecule has 0 aromatic rings. The van der Waals surface area contributed by atoms with E-state index in [-0.39, 0.29) is 0 Å². The van der Waals surface area contributed by atoms with Crippen LogP contribution in [0.2, 0.25) is 0 Å². The van der Waals surface area contributed by atoms with E-state index in [1.165, 1.54) is 6.92 Å². The quantitative estimate of drug-likeness (QED) is 0.407. The lowest BCUT2D eigenvalue weighted by molar-refractivity contribution is -0.257. The molecule has 6 heteroatoms. The number of aliphatic hydroxyl groups excluding tert-OH is 1. The fraction of sp³-hybridized carbons (Fsp3) is 0.667. The van der Waals surface area contributed by atoms with Crippen LogP contribution < -0.4 is 5.32 Å². The van der Waals surface area contributed by atoms with Gasteiger partial charge in [0.05, 0.1) is 13.7 Å². The molecule has 0 aromatic carbocycles. The Morgan fingerprint density at radius 3 is 2.50 bits per heavy atom. The van der Waals surface area contributed by atoms with Crippen molar-refractivity contribution < 1.29 is 24.5 Å². The van der Waals surface area contributed by atoms with Crippen molar-refractivity contribution in [3.8, 4) is 0 Å². The Morgan fingerprint density at radius 2 is 2.17 bits per heavy atom. The molecule has 0 aliphatic rings. The Labute approximate surface area is 69.4 Å². The normalized spacial score (nSPS) is 11.9. The summed E-state index contributed by atoms with van der Waals surface area (Å²) in [6.07, 6.45) is 0. The molecule has 70 valence electrons. The van der Waals surface area contributed by atoms with Crippen LogP contribution >= 0.6 is 0 Å². The molecular weight excluding hydrogens is 166 g/mol. The summed E-state index contributed by atoms with van der Waals surface area (Å²) in [6.45, 7) is 0.699. The van der Waals surface area contributed by atoms with Gasteiger partial charge in [0.25, 0.3) is 0 Å². The van der Waals surface area contributed by atoms with Crippen molar-refractivity contribution in [2.45, 2.75) is 13.0 Å². The maximum atomic E-state index is 10.8. The van der Waals surface area contributed by atoms with Gasteiger partial charge in [0.1, 0.15) is 0 Å². The Hall–Kier alpha value is -1.14. The number of rotatable bonds is 4. The lowest BCUT2D eigenvalue weighted by Crippen LogP contribution is -2.43. The molecule has 0 aliphatic heterocycles. The number of hydrogen-bond acceptors (Lipinski definition) is 5. The Kier molecular flexibility index (Phi) is 4.98. The predicted molar refractivity (Wildman–Crippen MR) is 37.8 cm³/mol. The summed E-state index contributed by atoms with van der Waals surface area (Å²) in [5.74, 6) is -1.27. The molecule has 0 aliphatic carbocycles. The van der Waals surface area contributed by atoms with Gasteiger partial charge in [0, 0.05) is 6.92 Å². The maximum Gasteiger partial charge on any atom is 0.366 e. The topological polar surface area (TPSA) is 84.9 Å². The smallest absolute Gasteiger partial charge is 0.366 e.